The van der Waals surface area contributed by atoms with Crippen molar-refractivity contribution in [1.82, 2.24) is 4.57 Å². The van der Waals surface area contributed by atoms with Crippen molar-refractivity contribution in [1.29, 1.82) is 0 Å². The normalized spacial score (nSPS) is 11.3. The van der Waals surface area contributed by atoms with Crippen molar-refractivity contribution < 1.29 is 9.53 Å². The van der Waals surface area contributed by atoms with E-state index in [2.05, 4.69) is 5.32 Å². The quantitative estimate of drug-likeness (QED) is 0.799. The number of ether oxygens (including phenoxy) is 1. The second-order valence-corrected chi connectivity index (χ2v) is 4.92. The SMILES string of the molecule is Cc1cc(NCC(=O)OC(C)(C)C)cn1C. The molecule has 4 heteroatoms. The third-order valence-corrected chi connectivity index (χ3v) is 2.11. The van der Waals surface area contributed by atoms with E-state index in [9.17, 15) is 4.79 Å². The molecule has 0 amide bonds. The van der Waals surface area contributed by atoms with Crippen LogP contribution in [0.5, 0.6) is 0 Å². The number of esters is 1. The molecule has 1 N–H and O–H groups in total. The van der Waals surface area contributed by atoms with Crippen molar-refractivity contribution in [2.45, 2.75) is 33.3 Å². The molecule has 0 saturated heterocycles. The van der Waals surface area contributed by atoms with Gasteiger partial charge in [-0.05, 0) is 33.8 Å². The maximum Gasteiger partial charge on any atom is 0.325 e. The number of carbonyl (C=O) groups excluding carboxylic acids is 1. The fourth-order valence-corrected chi connectivity index (χ4v) is 1.32. The first-order chi connectivity index (χ1) is 7.28. The Kier molecular flexibility index (Phi) is 3.62. The molecule has 0 aliphatic rings. The molecule has 0 saturated carbocycles. The summed E-state index contributed by atoms with van der Waals surface area (Å²) in [5.41, 5.74) is 1.66. The van der Waals surface area contributed by atoms with Crippen LogP contribution < -0.4 is 5.32 Å². The lowest BCUT2D eigenvalue weighted by Gasteiger charge is -2.19. The van der Waals surface area contributed by atoms with Crippen LogP contribution in [-0.4, -0.2) is 22.7 Å². The number of aryl methyl sites for hydroxylation is 2. The van der Waals surface area contributed by atoms with Crippen molar-refractivity contribution in [3.63, 3.8) is 0 Å². The van der Waals surface area contributed by atoms with Gasteiger partial charge in [-0.1, -0.05) is 0 Å². The molecular formula is C12H20N2O2. The van der Waals surface area contributed by atoms with Gasteiger partial charge in [0.25, 0.3) is 0 Å². The number of nitrogens with one attached hydrogen (secondary N) is 1. The lowest BCUT2D eigenvalue weighted by Crippen LogP contribution is -2.28. The average Bonchev–Trinajstić information content (AvgIpc) is 2.40. The van der Waals surface area contributed by atoms with Crippen LogP contribution in [0, 0.1) is 6.92 Å². The van der Waals surface area contributed by atoms with E-state index in [1.807, 2.05) is 51.6 Å². The molecule has 16 heavy (non-hydrogen) atoms. The van der Waals surface area contributed by atoms with Gasteiger partial charge < -0.3 is 14.6 Å². The second kappa shape index (κ2) is 4.60. The van der Waals surface area contributed by atoms with Gasteiger partial charge in [0.2, 0.25) is 0 Å². The maximum absolute atomic E-state index is 11.4. The number of aromatic nitrogens is 1. The van der Waals surface area contributed by atoms with Crippen molar-refractivity contribution in [2.24, 2.45) is 7.05 Å². The zero-order chi connectivity index (χ0) is 12.3. The number of hydrogen-bond acceptors (Lipinski definition) is 3. The fraction of sp³-hybridized carbons (Fsp3) is 0.583. The predicted octanol–water partition coefficient (Wildman–Crippen LogP) is 2.09. The first-order valence-electron chi connectivity index (χ1n) is 5.36. The Balaban J connectivity index is 2.43. The Morgan fingerprint density at radius 2 is 2.12 bits per heavy atom. The molecule has 0 aliphatic heterocycles. The molecule has 0 aromatic carbocycles. The summed E-state index contributed by atoms with van der Waals surface area (Å²) in [6.07, 6.45) is 1.94. The molecule has 1 aromatic heterocycles. The lowest BCUT2D eigenvalue weighted by molar-refractivity contribution is -0.152. The highest BCUT2D eigenvalue weighted by atomic mass is 16.6. The van der Waals surface area contributed by atoms with E-state index in [0.717, 1.165) is 11.4 Å². The van der Waals surface area contributed by atoms with Gasteiger partial charge in [-0.25, -0.2) is 0 Å². The van der Waals surface area contributed by atoms with Gasteiger partial charge in [0.05, 0.1) is 5.69 Å². The Bertz CT molecular complexity index is 355. The summed E-state index contributed by atoms with van der Waals surface area (Å²) in [7, 11) is 1.97. The van der Waals surface area contributed by atoms with E-state index in [1.54, 1.807) is 0 Å². The van der Waals surface area contributed by atoms with E-state index >= 15 is 0 Å². The standard InChI is InChI=1S/C12H20N2O2/c1-9-6-10(8-14(9)5)13-7-11(15)16-12(2,3)4/h6,8,13H,7H2,1-5H3. The molecule has 0 spiro atoms. The van der Waals surface area contributed by atoms with Crippen molar-refractivity contribution in [2.75, 3.05) is 11.9 Å². The van der Waals surface area contributed by atoms with Gasteiger partial charge in [0.15, 0.2) is 0 Å². The zero-order valence-corrected chi connectivity index (χ0v) is 10.6. The highest BCUT2D eigenvalue weighted by Gasteiger charge is 2.15. The largest absolute Gasteiger partial charge is 0.459 e. The van der Waals surface area contributed by atoms with Crippen LogP contribution in [0.1, 0.15) is 26.5 Å². The number of nitrogens with zero attached hydrogens (tertiary/aromatic N) is 1. The molecule has 1 heterocycles. The van der Waals surface area contributed by atoms with Crippen molar-refractivity contribution in [3.05, 3.63) is 18.0 Å². The second-order valence-electron chi connectivity index (χ2n) is 4.92. The summed E-state index contributed by atoms with van der Waals surface area (Å²) < 4.78 is 7.19. The summed E-state index contributed by atoms with van der Waals surface area (Å²) in [5, 5.41) is 3.03. The number of hydrogen-bond donors (Lipinski definition) is 1. The Labute approximate surface area is 96.6 Å². The van der Waals surface area contributed by atoms with E-state index in [-0.39, 0.29) is 12.5 Å². The van der Waals surface area contributed by atoms with Crippen molar-refractivity contribution in [3.8, 4) is 0 Å². The summed E-state index contributed by atoms with van der Waals surface area (Å²) in [4.78, 5) is 11.4. The zero-order valence-electron chi connectivity index (χ0n) is 10.6. The van der Waals surface area contributed by atoms with Gasteiger partial charge >= 0.3 is 5.97 Å². The van der Waals surface area contributed by atoms with Crippen LogP contribution in [0.3, 0.4) is 0 Å². The number of anilines is 1. The van der Waals surface area contributed by atoms with Crippen molar-refractivity contribution >= 4 is 11.7 Å². The summed E-state index contributed by atoms with van der Waals surface area (Å²) >= 11 is 0. The molecule has 0 aliphatic carbocycles. The molecule has 1 rings (SSSR count). The van der Waals surface area contributed by atoms with Crippen LogP contribution in [0.25, 0.3) is 0 Å². The molecule has 1 aromatic rings. The van der Waals surface area contributed by atoms with E-state index in [4.69, 9.17) is 4.74 Å². The fourth-order valence-electron chi connectivity index (χ4n) is 1.32. The monoisotopic (exact) mass is 224 g/mol. The van der Waals surface area contributed by atoms with E-state index in [1.165, 1.54) is 0 Å². The Morgan fingerprint density at radius 1 is 1.50 bits per heavy atom. The Hall–Kier alpha value is -1.45. The van der Waals surface area contributed by atoms with Gasteiger partial charge in [-0.2, -0.15) is 0 Å². The minimum Gasteiger partial charge on any atom is -0.459 e. The molecular weight excluding hydrogens is 204 g/mol. The summed E-state index contributed by atoms with van der Waals surface area (Å²) in [6, 6.07) is 1.99. The van der Waals surface area contributed by atoms with Crippen LogP contribution in [0.4, 0.5) is 5.69 Å². The van der Waals surface area contributed by atoms with E-state index in [0.29, 0.717) is 0 Å². The molecule has 0 bridgehead atoms. The Morgan fingerprint density at radius 3 is 2.56 bits per heavy atom. The molecule has 90 valence electrons. The molecule has 0 fully saturated rings. The lowest BCUT2D eigenvalue weighted by atomic mass is 10.2. The molecule has 0 atom stereocenters. The first-order valence-corrected chi connectivity index (χ1v) is 5.36. The minimum absolute atomic E-state index is 0.195. The van der Waals surface area contributed by atoms with Gasteiger partial charge in [0, 0.05) is 18.9 Å². The van der Waals surface area contributed by atoms with E-state index < -0.39 is 5.60 Å². The first kappa shape index (κ1) is 12.6. The third-order valence-electron chi connectivity index (χ3n) is 2.11. The third kappa shape index (κ3) is 3.96. The molecule has 0 unspecified atom stereocenters. The van der Waals surface area contributed by atoms with Gasteiger partial charge in [0.1, 0.15) is 12.1 Å². The molecule has 0 radical (unpaired) electrons. The summed E-state index contributed by atoms with van der Waals surface area (Å²) in [6.45, 7) is 7.78. The van der Waals surface area contributed by atoms with Gasteiger partial charge in [-0.3, -0.25) is 4.79 Å². The van der Waals surface area contributed by atoms with Crippen LogP contribution >= 0.6 is 0 Å². The van der Waals surface area contributed by atoms with Crippen LogP contribution in [0.2, 0.25) is 0 Å². The highest BCUT2D eigenvalue weighted by Crippen LogP contribution is 2.12. The average molecular weight is 224 g/mol. The smallest absolute Gasteiger partial charge is 0.325 e. The number of rotatable bonds is 3. The molecule has 4 nitrogen and oxygen atoms in total. The van der Waals surface area contributed by atoms with Crippen LogP contribution in [-0.2, 0) is 16.6 Å². The van der Waals surface area contributed by atoms with Crippen LogP contribution in [0.15, 0.2) is 12.3 Å². The van der Waals surface area contributed by atoms with Gasteiger partial charge in [-0.15, -0.1) is 0 Å². The predicted molar refractivity (Wildman–Crippen MR) is 64.5 cm³/mol. The summed E-state index contributed by atoms with van der Waals surface area (Å²) in [5.74, 6) is -0.242. The topological polar surface area (TPSA) is 43.3 Å². The highest BCUT2D eigenvalue weighted by molar-refractivity contribution is 5.75. The maximum atomic E-state index is 11.4. The minimum atomic E-state index is -0.425. The number of carbonyl (C=O) groups is 1.